The van der Waals surface area contributed by atoms with Crippen LogP contribution in [0.2, 0.25) is 0 Å². The van der Waals surface area contributed by atoms with Gasteiger partial charge in [0.25, 0.3) is 0 Å². The van der Waals surface area contributed by atoms with Crippen LogP contribution < -0.4 is 0 Å². The number of hydrogen-bond acceptors (Lipinski definition) is 4. The van der Waals surface area contributed by atoms with Crippen molar-refractivity contribution >= 4 is 33.8 Å². The predicted molar refractivity (Wildman–Crippen MR) is 86.3 cm³/mol. The maximum atomic E-state index is 11.9. The van der Waals surface area contributed by atoms with Crippen molar-refractivity contribution in [1.82, 2.24) is 4.90 Å². The van der Waals surface area contributed by atoms with Gasteiger partial charge in [0.15, 0.2) is 0 Å². The van der Waals surface area contributed by atoms with E-state index in [1.165, 1.54) is 6.92 Å². The van der Waals surface area contributed by atoms with E-state index in [4.69, 9.17) is 9.47 Å². The number of carbonyl (C=O) groups is 2. The molecule has 124 valence electrons. The van der Waals surface area contributed by atoms with E-state index >= 15 is 0 Å². The Bertz CT molecular complexity index is 486. The van der Waals surface area contributed by atoms with Gasteiger partial charge in [0, 0.05) is 6.92 Å². The number of carbonyl (C=O) groups excluding carboxylic acids is 2. The Hall–Kier alpha value is -1.11. The topological polar surface area (TPSA) is 68.2 Å². The van der Waals surface area contributed by atoms with Crippen molar-refractivity contribution in [3.8, 4) is 0 Å². The van der Waals surface area contributed by atoms with Crippen LogP contribution >= 0.6 is 15.9 Å². The predicted octanol–water partition coefficient (Wildman–Crippen LogP) is 2.88. The molecule has 0 bridgehead atoms. The van der Waals surface area contributed by atoms with E-state index in [2.05, 4.69) is 20.9 Å². The Kier molecular flexibility index (Phi) is 5.14. The maximum Gasteiger partial charge on any atom is 0.437 e. The van der Waals surface area contributed by atoms with Gasteiger partial charge in [0.05, 0.1) is 17.4 Å². The number of fused-ring (bicyclic) bond motifs is 1. The molecule has 0 spiro atoms. The van der Waals surface area contributed by atoms with Crippen LogP contribution in [-0.4, -0.2) is 51.9 Å². The molecule has 2 amide bonds. The van der Waals surface area contributed by atoms with Crippen LogP contribution in [0.4, 0.5) is 4.79 Å². The van der Waals surface area contributed by atoms with Crippen molar-refractivity contribution in [2.45, 2.75) is 69.5 Å². The molecule has 0 radical (unpaired) electrons. The van der Waals surface area contributed by atoms with Gasteiger partial charge in [-0.1, -0.05) is 15.9 Å². The van der Waals surface area contributed by atoms with Gasteiger partial charge in [-0.2, -0.15) is 0 Å². The first-order valence-electron chi connectivity index (χ1n) is 7.56. The molecular formula is C15H23BrN2O4. The summed E-state index contributed by atoms with van der Waals surface area (Å²) < 4.78 is 11.1. The third kappa shape index (κ3) is 4.21. The van der Waals surface area contributed by atoms with Crippen LogP contribution in [0.15, 0.2) is 4.99 Å². The summed E-state index contributed by atoms with van der Waals surface area (Å²) in [7, 11) is 0. The van der Waals surface area contributed by atoms with Gasteiger partial charge in [-0.05, 0) is 40.0 Å². The van der Waals surface area contributed by atoms with E-state index in [1.807, 2.05) is 0 Å². The maximum absolute atomic E-state index is 11.9. The average Bonchev–Trinajstić information content (AvgIpc) is 2.36. The minimum atomic E-state index is -0.689. The van der Waals surface area contributed by atoms with E-state index in [9.17, 15) is 9.59 Å². The van der Waals surface area contributed by atoms with Gasteiger partial charge in [-0.25, -0.2) is 4.79 Å². The van der Waals surface area contributed by atoms with Crippen molar-refractivity contribution in [2.75, 3.05) is 6.54 Å². The molecular weight excluding hydrogens is 352 g/mol. The fourth-order valence-corrected chi connectivity index (χ4v) is 3.61. The Morgan fingerprint density at radius 3 is 2.64 bits per heavy atom. The van der Waals surface area contributed by atoms with E-state index in [0.29, 0.717) is 0 Å². The number of alkyl halides is 1. The molecule has 1 saturated carbocycles. The zero-order chi connectivity index (χ0) is 16.5. The summed E-state index contributed by atoms with van der Waals surface area (Å²) >= 11 is 3.62. The largest absolute Gasteiger partial charge is 0.473 e. The molecule has 0 aromatic heterocycles. The SMILES string of the molecule is CC(=O)N1C/C(=N/C(=O)OC(C)(C)C)O[C@@H]2[C@@H](Br)CCC[C@@H]21. The number of hydrogen-bond donors (Lipinski definition) is 0. The standard InChI is InChI=1S/C15H23BrN2O4/c1-9(19)18-8-12(17-14(20)22-15(2,3)4)21-13-10(16)6-5-7-11(13)18/h10-11,13H,5-8H2,1-4H3/b17-12-/t10-,11-,13+/m0/s1. The fraction of sp³-hybridized carbons (Fsp3) is 0.800. The number of halogens is 1. The highest BCUT2D eigenvalue weighted by atomic mass is 79.9. The second-order valence-electron chi connectivity index (χ2n) is 6.73. The third-order valence-corrected chi connectivity index (χ3v) is 4.69. The van der Waals surface area contributed by atoms with Gasteiger partial charge < -0.3 is 14.4 Å². The zero-order valence-electron chi connectivity index (χ0n) is 13.5. The molecule has 3 atom stereocenters. The summed E-state index contributed by atoms with van der Waals surface area (Å²) in [6, 6.07) is 0.0354. The highest BCUT2D eigenvalue weighted by Gasteiger charge is 2.43. The summed E-state index contributed by atoms with van der Waals surface area (Å²) in [6.07, 6.45) is 2.07. The molecule has 22 heavy (non-hydrogen) atoms. The number of amides is 2. The van der Waals surface area contributed by atoms with Gasteiger partial charge in [0.2, 0.25) is 11.8 Å². The quantitative estimate of drug-likeness (QED) is 0.611. The molecule has 0 aromatic carbocycles. The van der Waals surface area contributed by atoms with E-state index < -0.39 is 11.7 Å². The highest BCUT2D eigenvalue weighted by molar-refractivity contribution is 9.09. The number of rotatable bonds is 0. The van der Waals surface area contributed by atoms with Crippen LogP contribution in [0.5, 0.6) is 0 Å². The van der Waals surface area contributed by atoms with Crippen molar-refractivity contribution in [3.63, 3.8) is 0 Å². The minimum absolute atomic E-state index is 0.0308. The van der Waals surface area contributed by atoms with Gasteiger partial charge in [0.1, 0.15) is 11.7 Å². The van der Waals surface area contributed by atoms with Crippen LogP contribution in [-0.2, 0) is 14.3 Å². The Morgan fingerprint density at radius 1 is 1.36 bits per heavy atom. The first-order valence-corrected chi connectivity index (χ1v) is 8.47. The minimum Gasteiger partial charge on any atom is -0.473 e. The van der Waals surface area contributed by atoms with Crippen molar-refractivity contribution in [1.29, 1.82) is 0 Å². The molecule has 7 heteroatoms. The number of ether oxygens (including phenoxy) is 2. The summed E-state index contributed by atoms with van der Waals surface area (Å²) in [6.45, 7) is 7.09. The first-order chi connectivity index (χ1) is 10.2. The summed E-state index contributed by atoms with van der Waals surface area (Å²) in [4.78, 5) is 29.5. The van der Waals surface area contributed by atoms with E-state index in [1.54, 1.807) is 25.7 Å². The molecule has 1 aliphatic heterocycles. The number of morpholine rings is 1. The fourth-order valence-electron chi connectivity index (χ4n) is 2.83. The van der Waals surface area contributed by atoms with Crippen LogP contribution in [0.1, 0.15) is 47.0 Å². The first kappa shape index (κ1) is 17.2. The lowest BCUT2D eigenvalue weighted by Crippen LogP contribution is -2.59. The molecule has 0 aromatic rings. The van der Waals surface area contributed by atoms with Crippen LogP contribution in [0, 0.1) is 0 Å². The van der Waals surface area contributed by atoms with Crippen molar-refractivity contribution in [3.05, 3.63) is 0 Å². The molecule has 6 nitrogen and oxygen atoms in total. The molecule has 2 aliphatic rings. The van der Waals surface area contributed by atoms with Crippen LogP contribution in [0.25, 0.3) is 0 Å². The molecule has 0 N–H and O–H groups in total. The monoisotopic (exact) mass is 374 g/mol. The number of nitrogens with zero attached hydrogens (tertiary/aromatic N) is 2. The van der Waals surface area contributed by atoms with Gasteiger partial charge in [-0.3, -0.25) is 4.79 Å². The molecule has 0 unspecified atom stereocenters. The second kappa shape index (κ2) is 6.56. The lowest BCUT2D eigenvalue weighted by atomic mass is 9.90. The van der Waals surface area contributed by atoms with Crippen molar-refractivity contribution < 1.29 is 19.1 Å². The van der Waals surface area contributed by atoms with E-state index in [0.717, 1.165) is 19.3 Å². The zero-order valence-corrected chi connectivity index (χ0v) is 15.1. The molecule has 1 aliphatic carbocycles. The number of aliphatic imine (C=N–C) groups is 1. The lowest BCUT2D eigenvalue weighted by Gasteiger charge is -2.45. The Labute approximate surface area is 139 Å². The molecule has 1 saturated heterocycles. The van der Waals surface area contributed by atoms with E-state index in [-0.39, 0.29) is 35.3 Å². The normalized spacial score (nSPS) is 30.5. The van der Waals surface area contributed by atoms with Gasteiger partial charge in [-0.15, -0.1) is 4.99 Å². The summed E-state index contributed by atoms with van der Waals surface area (Å²) in [5, 5.41) is 0. The summed E-state index contributed by atoms with van der Waals surface area (Å²) in [5.41, 5.74) is -0.610. The average molecular weight is 375 g/mol. The lowest BCUT2D eigenvalue weighted by molar-refractivity contribution is -0.135. The molecule has 2 rings (SSSR count). The summed E-state index contributed by atoms with van der Waals surface area (Å²) in [5.74, 6) is 0.217. The third-order valence-electron chi connectivity index (χ3n) is 3.71. The Balaban J connectivity index is 2.16. The second-order valence-corrected chi connectivity index (χ2v) is 7.91. The molecule has 2 fully saturated rings. The van der Waals surface area contributed by atoms with Crippen LogP contribution in [0.3, 0.4) is 0 Å². The smallest absolute Gasteiger partial charge is 0.437 e. The highest BCUT2D eigenvalue weighted by Crippen LogP contribution is 2.33. The molecule has 1 heterocycles. The van der Waals surface area contributed by atoms with Crippen molar-refractivity contribution in [2.24, 2.45) is 4.99 Å². The Morgan fingerprint density at radius 2 is 2.05 bits per heavy atom. The van der Waals surface area contributed by atoms with Gasteiger partial charge >= 0.3 is 6.09 Å².